The molecule has 0 saturated heterocycles. The van der Waals surface area contributed by atoms with Crippen molar-refractivity contribution < 1.29 is 9.18 Å². The fraction of sp³-hybridized carbons (Fsp3) is 0.364. The van der Waals surface area contributed by atoms with Crippen molar-refractivity contribution in [2.45, 2.75) is 19.9 Å². The van der Waals surface area contributed by atoms with E-state index in [0.717, 1.165) is 0 Å². The maximum Gasteiger partial charge on any atom is 0.239 e. The molecule has 0 unspecified atom stereocenters. The number of benzene rings is 1. The van der Waals surface area contributed by atoms with Crippen LogP contribution in [0.4, 0.5) is 10.1 Å². The first kappa shape index (κ1) is 12.8. The number of hydrogen-bond donors (Lipinski definition) is 2. The molecule has 5 heteroatoms. The number of amides is 1. The summed E-state index contributed by atoms with van der Waals surface area (Å²) in [5, 5.41) is 5.81. The molecule has 0 bridgehead atoms. The average molecular weight is 245 g/mol. The van der Waals surface area contributed by atoms with Crippen molar-refractivity contribution in [2.24, 2.45) is 0 Å². The molecule has 1 aromatic carbocycles. The van der Waals surface area contributed by atoms with Crippen molar-refractivity contribution in [1.29, 1.82) is 0 Å². The van der Waals surface area contributed by atoms with Crippen LogP contribution < -0.4 is 10.6 Å². The lowest BCUT2D eigenvalue weighted by Gasteiger charge is -2.10. The van der Waals surface area contributed by atoms with Gasteiger partial charge in [-0.15, -0.1) is 0 Å². The summed E-state index contributed by atoms with van der Waals surface area (Å²) >= 11 is 5.67. The molecule has 1 amide bonds. The van der Waals surface area contributed by atoms with E-state index in [2.05, 4.69) is 10.6 Å². The molecule has 88 valence electrons. The number of carbonyl (C=O) groups is 1. The van der Waals surface area contributed by atoms with Crippen LogP contribution >= 0.6 is 11.6 Å². The third-order valence-corrected chi connectivity index (χ3v) is 1.98. The van der Waals surface area contributed by atoms with Gasteiger partial charge in [-0.1, -0.05) is 11.6 Å². The molecule has 0 aliphatic heterocycles. The van der Waals surface area contributed by atoms with Gasteiger partial charge < -0.3 is 10.6 Å². The Morgan fingerprint density at radius 3 is 2.69 bits per heavy atom. The van der Waals surface area contributed by atoms with Crippen molar-refractivity contribution in [2.75, 3.05) is 11.9 Å². The fourth-order valence-corrected chi connectivity index (χ4v) is 1.43. The molecule has 0 radical (unpaired) electrons. The number of carbonyl (C=O) groups excluding carboxylic acids is 1. The molecule has 0 spiro atoms. The number of hydrogen-bond acceptors (Lipinski definition) is 2. The summed E-state index contributed by atoms with van der Waals surface area (Å²) in [6, 6.07) is 4.15. The number of anilines is 1. The van der Waals surface area contributed by atoms with Crippen LogP contribution in [0.15, 0.2) is 18.2 Å². The second kappa shape index (κ2) is 5.70. The maximum absolute atomic E-state index is 12.9. The lowest BCUT2D eigenvalue weighted by molar-refractivity contribution is -0.119. The van der Waals surface area contributed by atoms with E-state index in [1.807, 2.05) is 13.8 Å². The van der Waals surface area contributed by atoms with Crippen LogP contribution in [0, 0.1) is 5.82 Å². The van der Waals surface area contributed by atoms with Gasteiger partial charge in [0, 0.05) is 16.8 Å². The first-order valence-corrected chi connectivity index (χ1v) is 5.34. The lowest BCUT2D eigenvalue weighted by Crippen LogP contribution is -2.34. The van der Waals surface area contributed by atoms with Gasteiger partial charge in [0.05, 0.1) is 6.54 Å². The van der Waals surface area contributed by atoms with Crippen LogP contribution in [-0.4, -0.2) is 18.5 Å². The van der Waals surface area contributed by atoms with Gasteiger partial charge in [0.2, 0.25) is 5.91 Å². The SMILES string of the molecule is CC(C)NC(=O)CNc1cc(F)cc(Cl)c1. The molecule has 2 N–H and O–H groups in total. The van der Waals surface area contributed by atoms with Crippen LogP contribution in [0.5, 0.6) is 0 Å². The zero-order chi connectivity index (χ0) is 12.1. The van der Waals surface area contributed by atoms with Gasteiger partial charge in [-0.05, 0) is 32.0 Å². The molecule has 0 aromatic heterocycles. The molecule has 1 aromatic rings. The third kappa shape index (κ3) is 4.49. The predicted molar refractivity (Wildman–Crippen MR) is 63.2 cm³/mol. The quantitative estimate of drug-likeness (QED) is 0.854. The van der Waals surface area contributed by atoms with Gasteiger partial charge in [0.15, 0.2) is 0 Å². The lowest BCUT2D eigenvalue weighted by atomic mass is 10.3. The zero-order valence-electron chi connectivity index (χ0n) is 9.18. The molecule has 3 nitrogen and oxygen atoms in total. The van der Waals surface area contributed by atoms with Crippen molar-refractivity contribution in [3.05, 3.63) is 29.0 Å². The molecule has 0 aliphatic rings. The number of halogens is 2. The minimum absolute atomic E-state index is 0.0883. The molecule has 0 aliphatic carbocycles. The smallest absolute Gasteiger partial charge is 0.239 e. The van der Waals surface area contributed by atoms with E-state index < -0.39 is 5.82 Å². The number of rotatable bonds is 4. The third-order valence-electron chi connectivity index (χ3n) is 1.77. The molecular formula is C11H14ClFN2O. The Morgan fingerprint density at radius 2 is 2.12 bits per heavy atom. The molecular weight excluding hydrogens is 231 g/mol. The average Bonchev–Trinajstić information content (AvgIpc) is 2.12. The Bertz CT molecular complexity index is 362. The van der Waals surface area contributed by atoms with Gasteiger partial charge in [-0.2, -0.15) is 0 Å². The summed E-state index contributed by atoms with van der Waals surface area (Å²) in [6.45, 7) is 3.84. The van der Waals surface area contributed by atoms with E-state index in [0.29, 0.717) is 10.7 Å². The Kier molecular flexibility index (Phi) is 4.55. The van der Waals surface area contributed by atoms with Crippen LogP contribution in [0.2, 0.25) is 5.02 Å². The van der Waals surface area contributed by atoms with Crippen LogP contribution in [0.3, 0.4) is 0 Å². The van der Waals surface area contributed by atoms with Gasteiger partial charge in [-0.3, -0.25) is 4.79 Å². The van der Waals surface area contributed by atoms with E-state index >= 15 is 0 Å². The predicted octanol–water partition coefficient (Wildman–Crippen LogP) is 2.42. The van der Waals surface area contributed by atoms with Crippen molar-refractivity contribution >= 4 is 23.2 Å². The summed E-state index contributed by atoms with van der Waals surface area (Å²) in [5.41, 5.74) is 0.490. The molecule has 1 rings (SSSR count). The van der Waals surface area contributed by atoms with E-state index in [1.165, 1.54) is 12.1 Å². The highest BCUT2D eigenvalue weighted by atomic mass is 35.5. The minimum atomic E-state index is -0.431. The van der Waals surface area contributed by atoms with Gasteiger partial charge >= 0.3 is 0 Å². The van der Waals surface area contributed by atoms with Gasteiger partial charge in [0.1, 0.15) is 5.82 Å². The Hall–Kier alpha value is -1.29. The Morgan fingerprint density at radius 1 is 1.44 bits per heavy atom. The molecule has 0 fully saturated rings. The van der Waals surface area contributed by atoms with E-state index in [-0.39, 0.29) is 18.5 Å². The monoisotopic (exact) mass is 244 g/mol. The largest absolute Gasteiger partial charge is 0.376 e. The van der Waals surface area contributed by atoms with Crippen molar-refractivity contribution in [3.8, 4) is 0 Å². The minimum Gasteiger partial charge on any atom is -0.376 e. The standard InChI is InChI=1S/C11H14ClFN2O/c1-7(2)15-11(16)6-14-10-4-8(12)3-9(13)5-10/h3-5,7,14H,6H2,1-2H3,(H,15,16). The van der Waals surface area contributed by atoms with Gasteiger partial charge in [0.25, 0.3) is 0 Å². The van der Waals surface area contributed by atoms with Crippen LogP contribution in [-0.2, 0) is 4.79 Å². The van der Waals surface area contributed by atoms with E-state index in [1.54, 1.807) is 6.07 Å². The molecule has 0 heterocycles. The molecule has 16 heavy (non-hydrogen) atoms. The first-order chi connectivity index (χ1) is 7.47. The summed E-state index contributed by atoms with van der Waals surface area (Å²) in [5.74, 6) is -0.574. The molecule has 0 saturated carbocycles. The highest BCUT2D eigenvalue weighted by molar-refractivity contribution is 6.30. The summed E-state index contributed by atoms with van der Waals surface area (Å²) in [6.07, 6.45) is 0. The highest BCUT2D eigenvalue weighted by Crippen LogP contribution is 2.17. The summed E-state index contributed by atoms with van der Waals surface area (Å²) in [4.78, 5) is 11.3. The molecule has 0 atom stereocenters. The zero-order valence-corrected chi connectivity index (χ0v) is 9.94. The van der Waals surface area contributed by atoms with E-state index in [9.17, 15) is 9.18 Å². The summed E-state index contributed by atoms with van der Waals surface area (Å²) in [7, 11) is 0. The Balaban J connectivity index is 2.51. The summed E-state index contributed by atoms with van der Waals surface area (Å²) < 4.78 is 12.9. The number of nitrogens with one attached hydrogen (secondary N) is 2. The van der Waals surface area contributed by atoms with Crippen molar-refractivity contribution in [3.63, 3.8) is 0 Å². The normalized spacial score (nSPS) is 10.3. The van der Waals surface area contributed by atoms with Crippen LogP contribution in [0.25, 0.3) is 0 Å². The first-order valence-electron chi connectivity index (χ1n) is 4.96. The highest BCUT2D eigenvalue weighted by Gasteiger charge is 2.04. The Labute approximate surface area is 99.0 Å². The van der Waals surface area contributed by atoms with Crippen LogP contribution in [0.1, 0.15) is 13.8 Å². The maximum atomic E-state index is 12.9. The van der Waals surface area contributed by atoms with Gasteiger partial charge in [-0.25, -0.2) is 4.39 Å². The topological polar surface area (TPSA) is 41.1 Å². The fourth-order valence-electron chi connectivity index (χ4n) is 1.21. The van der Waals surface area contributed by atoms with Crippen molar-refractivity contribution in [1.82, 2.24) is 5.32 Å². The van der Waals surface area contributed by atoms with E-state index in [4.69, 9.17) is 11.6 Å². The second-order valence-corrected chi connectivity index (χ2v) is 4.17. The second-order valence-electron chi connectivity index (χ2n) is 3.73.